The van der Waals surface area contributed by atoms with Crippen LogP contribution in [-0.4, -0.2) is 16.3 Å². The van der Waals surface area contributed by atoms with E-state index in [9.17, 15) is 0 Å². The molecule has 21 heavy (non-hydrogen) atoms. The van der Waals surface area contributed by atoms with Crippen LogP contribution in [0.2, 0.25) is 0 Å². The van der Waals surface area contributed by atoms with Gasteiger partial charge in [0.1, 0.15) is 0 Å². The van der Waals surface area contributed by atoms with Gasteiger partial charge in [-0.1, -0.05) is 28.9 Å². The minimum atomic E-state index is 0.355. The molecule has 2 aromatic rings. The Morgan fingerprint density at radius 1 is 1.38 bits per heavy atom. The summed E-state index contributed by atoms with van der Waals surface area (Å²) in [6.45, 7) is 5.43. The lowest BCUT2D eigenvalue weighted by molar-refractivity contribution is 0.569. The molecule has 1 heterocycles. The van der Waals surface area contributed by atoms with E-state index in [1.54, 1.807) is 0 Å². The van der Waals surface area contributed by atoms with E-state index in [4.69, 9.17) is 0 Å². The Labute approximate surface area is 134 Å². The fourth-order valence-corrected chi connectivity index (χ4v) is 3.27. The highest BCUT2D eigenvalue weighted by atomic mass is 79.9. The molecule has 1 aromatic carbocycles. The van der Waals surface area contributed by atoms with Crippen molar-refractivity contribution in [1.29, 1.82) is 0 Å². The summed E-state index contributed by atoms with van der Waals surface area (Å²) in [6.07, 6.45) is 5.80. The predicted octanol–water partition coefficient (Wildman–Crippen LogP) is 4.57. The first-order valence-electron chi connectivity index (χ1n) is 7.77. The summed E-state index contributed by atoms with van der Waals surface area (Å²) in [4.78, 5) is 0. The molecule has 1 saturated carbocycles. The lowest BCUT2D eigenvalue weighted by Gasteiger charge is -2.16. The molecule has 112 valence electrons. The summed E-state index contributed by atoms with van der Waals surface area (Å²) in [6, 6.07) is 8.99. The molecule has 3 rings (SSSR count). The van der Waals surface area contributed by atoms with Gasteiger partial charge >= 0.3 is 0 Å². The smallest absolute Gasteiger partial charge is 0.0659 e. The van der Waals surface area contributed by atoms with Crippen LogP contribution < -0.4 is 5.32 Å². The van der Waals surface area contributed by atoms with Crippen molar-refractivity contribution in [3.05, 3.63) is 46.2 Å². The van der Waals surface area contributed by atoms with E-state index in [1.165, 1.54) is 24.1 Å². The standard InChI is InChI=1S/C17H22BrN3/c1-3-9-19-12(2)15-7-6-14(11-16(15)18)21-10-8-17(20-21)13-4-5-13/h6-8,10-13,19H,3-5,9H2,1-2H3. The molecule has 1 atom stereocenters. The molecule has 1 aliphatic rings. The van der Waals surface area contributed by atoms with Crippen molar-refractivity contribution in [2.45, 2.75) is 45.1 Å². The van der Waals surface area contributed by atoms with Gasteiger partial charge in [-0.15, -0.1) is 0 Å². The number of benzene rings is 1. The molecule has 1 N–H and O–H groups in total. The van der Waals surface area contributed by atoms with E-state index in [0.29, 0.717) is 12.0 Å². The molecule has 0 bridgehead atoms. The average Bonchev–Trinajstić information content (AvgIpc) is 3.22. The van der Waals surface area contributed by atoms with Gasteiger partial charge in [0.2, 0.25) is 0 Å². The fourth-order valence-electron chi connectivity index (χ4n) is 2.56. The number of halogens is 1. The average molecular weight is 348 g/mol. The Morgan fingerprint density at radius 2 is 2.19 bits per heavy atom. The highest BCUT2D eigenvalue weighted by molar-refractivity contribution is 9.10. The Hall–Kier alpha value is -1.13. The number of aromatic nitrogens is 2. The monoisotopic (exact) mass is 347 g/mol. The third-order valence-electron chi connectivity index (χ3n) is 4.02. The van der Waals surface area contributed by atoms with Crippen molar-refractivity contribution in [2.75, 3.05) is 6.54 Å². The molecule has 1 fully saturated rings. The maximum absolute atomic E-state index is 4.69. The van der Waals surface area contributed by atoms with Gasteiger partial charge < -0.3 is 5.32 Å². The zero-order chi connectivity index (χ0) is 14.8. The normalized spacial score (nSPS) is 16.1. The second kappa shape index (κ2) is 6.32. The molecule has 1 aliphatic carbocycles. The second-order valence-corrected chi connectivity index (χ2v) is 6.70. The minimum absolute atomic E-state index is 0.355. The fraction of sp³-hybridized carbons (Fsp3) is 0.471. The number of hydrogen-bond donors (Lipinski definition) is 1. The van der Waals surface area contributed by atoms with Crippen molar-refractivity contribution in [3.63, 3.8) is 0 Å². The topological polar surface area (TPSA) is 29.9 Å². The van der Waals surface area contributed by atoms with Crippen molar-refractivity contribution in [2.24, 2.45) is 0 Å². The van der Waals surface area contributed by atoms with Gasteiger partial charge in [0.05, 0.1) is 11.4 Å². The van der Waals surface area contributed by atoms with Crippen molar-refractivity contribution < 1.29 is 0 Å². The molecule has 1 unspecified atom stereocenters. The van der Waals surface area contributed by atoms with Crippen LogP contribution in [0.25, 0.3) is 5.69 Å². The zero-order valence-corrected chi connectivity index (χ0v) is 14.2. The minimum Gasteiger partial charge on any atom is -0.310 e. The summed E-state index contributed by atoms with van der Waals surface area (Å²) < 4.78 is 3.12. The molecular formula is C17H22BrN3. The van der Waals surface area contributed by atoms with E-state index >= 15 is 0 Å². The van der Waals surface area contributed by atoms with Gasteiger partial charge in [0.25, 0.3) is 0 Å². The molecule has 3 nitrogen and oxygen atoms in total. The van der Waals surface area contributed by atoms with E-state index in [0.717, 1.165) is 23.1 Å². The number of rotatable bonds is 6. The van der Waals surface area contributed by atoms with Gasteiger partial charge in [0.15, 0.2) is 0 Å². The Balaban J connectivity index is 1.79. The molecule has 0 aliphatic heterocycles. The van der Waals surface area contributed by atoms with Gasteiger partial charge in [-0.3, -0.25) is 0 Å². The second-order valence-electron chi connectivity index (χ2n) is 5.84. The zero-order valence-electron chi connectivity index (χ0n) is 12.6. The van der Waals surface area contributed by atoms with Crippen molar-refractivity contribution in [3.8, 4) is 5.69 Å². The Kier molecular flexibility index (Phi) is 4.45. The first kappa shape index (κ1) is 14.8. The van der Waals surface area contributed by atoms with Crippen LogP contribution in [0.3, 0.4) is 0 Å². The van der Waals surface area contributed by atoms with Crippen LogP contribution in [-0.2, 0) is 0 Å². The Bertz CT molecular complexity index is 616. The van der Waals surface area contributed by atoms with Crippen LogP contribution in [0, 0.1) is 0 Å². The molecule has 0 radical (unpaired) electrons. The highest BCUT2D eigenvalue weighted by Crippen LogP contribution is 2.39. The third-order valence-corrected chi connectivity index (χ3v) is 4.71. The summed E-state index contributed by atoms with van der Waals surface area (Å²) in [5.74, 6) is 0.701. The number of nitrogens with one attached hydrogen (secondary N) is 1. The maximum atomic E-state index is 4.69. The number of hydrogen-bond acceptors (Lipinski definition) is 2. The predicted molar refractivity (Wildman–Crippen MR) is 89.9 cm³/mol. The van der Waals surface area contributed by atoms with Crippen LogP contribution in [0.4, 0.5) is 0 Å². The van der Waals surface area contributed by atoms with Crippen LogP contribution in [0.5, 0.6) is 0 Å². The maximum Gasteiger partial charge on any atom is 0.0659 e. The quantitative estimate of drug-likeness (QED) is 0.829. The van der Waals surface area contributed by atoms with Gasteiger partial charge in [-0.25, -0.2) is 4.68 Å². The van der Waals surface area contributed by atoms with Gasteiger partial charge in [-0.05, 0) is 56.5 Å². The number of nitrogens with zero attached hydrogens (tertiary/aromatic N) is 2. The van der Waals surface area contributed by atoms with Crippen LogP contribution >= 0.6 is 15.9 Å². The highest BCUT2D eigenvalue weighted by Gasteiger charge is 2.25. The summed E-state index contributed by atoms with van der Waals surface area (Å²) >= 11 is 3.70. The van der Waals surface area contributed by atoms with Crippen LogP contribution in [0.15, 0.2) is 34.9 Å². The summed E-state index contributed by atoms with van der Waals surface area (Å²) in [5.41, 5.74) is 3.63. The first-order chi connectivity index (χ1) is 10.2. The lowest BCUT2D eigenvalue weighted by Crippen LogP contribution is -2.19. The molecular weight excluding hydrogens is 326 g/mol. The Morgan fingerprint density at radius 3 is 2.86 bits per heavy atom. The van der Waals surface area contributed by atoms with E-state index in [1.807, 2.05) is 4.68 Å². The first-order valence-corrected chi connectivity index (χ1v) is 8.57. The van der Waals surface area contributed by atoms with Gasteiger partial charge in [-0.2, -0.15) is 5.10 Å². The van der Waals surface area contributed by atoms with Crippen LogP contribution in [0.1, 0.15) is 56.3 Å². The van der Waals surface area contributed by atoms with E-state index < -0.39 is 0 Å². The molecule has 0 spiro atoms. The summed E-state index contributed by atoms with van der Waals surface area (Å²) in [5, 5.41) is 8.21. The van der Waals surface area contributed by atoms with E-state index in [2.05, 4.69) is 70.7 Å². The molecule has 0 amide bonds. The largest absolute Gasteiger partial charge is 0.310 e. The molecule has 1 aromatic heterocycles. The van der Waals surface area contributed by atoms with Crippen molar-refractivity contribution >= 4 is 15.9 Å². The molecule has 4 heteroatoms. The SMILES string of the molecule is CCCNC(C)c1ccc(-n2ccc(C3CC3)n2)cc1Br. The lowest BCUT2D eigenvalue weighted by atomic mass is 10.1. The third kappa shape index (κ3) is 3.38. The van der Waals surface area contributed by atoms with Crippen molar-refractivity contribution in [1.82, 2.24) is 15.1 Å². The van der Waals surface area contributed by atoms with Gasteiger partial charge in [0, 0.05) is 22.6 Å². The molecule has 0 saturated heterocycles. The summed E-state index contributed by atoms with van der Waals surface area (Å²) in [7, 11) is 0. The van der Waals surface area contributed by atoms with E-state index in [-0.39, 0.29) is 0 Å².